The van der Waals surface area contributed by atoms with Gasteiger partial charge in [0, 0.05) is 0 Å². The molecule has 0 atom stereocenters. The molecule has 0 N–H and O–H groups in total. The summed E-state index contributed by atoms with van der Waals surface area (Å²) in [5.41, 5.74) is 2.31. The first-order valence-electron chi connectivity index (χ1n) is 7.92. The van der Waals surface area contributed by atoms with Crippen LogP contribution in [0.1, 0.15) is 44.7 Å². The highest BCUT2D eigenvalue weighted by atomic mass is 32.2. The number of benzene rings is 2. The van der Waals surface area contributed by atoms with Gasteiger partial charge in [0.25, 0.3) is 0 Å². The molecule has 0 amide bonds. The van der Waals surface area contributed by atoms with Crippen molar-refractivity contribution in [1.82, 2.24) is 0 Å². The average molecular weight is 332 g/mol. The van der Waals surface area contributed by atoms with E-state index >= 15 is 0 Å². The summed E-state index contributed by atoms with van der Waals surface area (Å²) in [5.74, 6) is 0.337. The van der Waals surface area contributed by atoms with Crippen molar-refractivity contribution < 1.29 is 12.6 Å². The highest BCUT2D eigenvalue weighted by molar-refractivity contribution is 7.87. The number of hydrogen-bond acceptors (Lipinski definition) is 3. The predicted octanol–water partition coefficient (Wildman–Crippen LogP) is 4.84. The van der Waals surface area contributed by atoms with E-state index in [0.717, 1.165) is 18.4 Å². The molecule has 0 heterocycles. The molecule has 2 rings (SSSR count). The van der Waals surface area contributed by atoms with Gasteiger partial charge in [0.15, 0.2) is 0 Å². The Kier molecular flexibility index (Phi) is 5.15. The molecule has 0 radical (unpaired) electrons. The van der Waals surface area contributed by atoms with Crippen LogP contribution in [0.15, 0.2) is 53.4 Å². The Labute approximate surface area is 139 Å². The largest absolute Gasteiger partial charge is 0.379 e. The first-order chi connectivity index (χ1) is 10.8. The minimum Gasteiger partial charge on any atom is -0.379 e. The van der Waals surface area contributed by atoms with E-state index in [4.69, 9.17) is 4.18 Å². The fourth-order valence-corrected chi connectivity index (χ4v) is 3.38. The molecule has 0 fully saturated rings. The quantitative estimate of drug-likeness (QED) is 0.711. The fraction of sp³-hybridized carbons (Fsp3) is 0.368. The van der Waals surface area contributed by atoms with Gasteiger partial charge in [-0.1, -0.05) is 50.6 Å². The molecule has 23 heavy (non-hydrogen) atoms. The molecule has 0 aromatic heterocycles. The van der Waals surface area contributed by atoms with Crippen LogP contribution in [0.2, 0.25) is 0 Å². The van der Waals surface area contributed by atoms with Crippen molar-refractivity contribution in [2.24, 2.45) is 0 Å². The van der Waals surface area contributed by atoms with Crippen molar-refractivity contribution in [1.29, 1.82) is 0 Å². The molecule has 0 bridgehead atoms. The number of hydrogen-bond donors (Lipinski definition) is 0. The van der Waals surface area contributed by atoms with Gasteiger partial charge >= 0.3 is 10.1 Å². The zero-order chi connectivity index (χ0) is 17.1. The van der Waals surface area contributed by atoms with Gasteiger partial charge in [0.2, 0.25) is 0 Å². The summed E-state index contributed by atoms with van der Waals surface area (Å²) >= 11 is 0. The highest BCUT2D eigenvalue weighted by Crippen LogP contribution is 2.32. The van der Waals surface area contributed by atoms with Gasteiger partial charge in [0.05, 0.1) is 0 Å². The molecule has 0 saturated carbocycles. The Morgan fingerprint density at radius 1 is 0.913 bits per heavy atom. The van der Waals surface area contributed by atoms with Gasteiger partial charge in [-0.25, -0.2) is 0 Å². The summed E-state index contributed by atoms with van der Waals surface area (Å²) in [6.07, 6.45) is 2.07. The van der Waals surface area contributed by atoms with Gasteiger partial charge < -0.3 is 4.18 Å². The van der Waals surface area contributed by atoms with E-state index in [1.165, 1.54) is 5.56 Å². The Morgan fingerprint density at radius 3 is 1.91 bits per heavy atom. The van der Waals surface area contributed by atoms with E-state index in [0.29, 0.717) is 5.75 Å². The fourth-order valence-electron chi connectivity index (χ4n) is 2.45. The monoisotopic (exact) mass is 332 g/mol. The minimum absolute atomic E-state index is 0.106. The van der Waals surface area contributed by atoms with Crippen molar-refractivity contribution in [3.8, 4) is 5.75 Å². The molecule has 0 saturated heterocycles. The van der Waals surface area contributed by atoms with Crippen molar-refractivity contribution in [2.75, 3.05) is 0 Å². The van der Waals surface area contributed by atoms with Crippen LogP contribution in [0.3, 0.4) is 0 Å². The molecular formula is C19H24O3S. The molecule has 2 aromatic carbocycles. The van der Waals surface area contributed by atoms with Crippen molar-refractivity contribution >= 4 is 10.1 Å². The number of aryl methyl sites for hydroxylation is 1. The van der Waals surface area contributed by atoms with Gasteiger partial charge in [-0.05, 0) is 55.0 Å². The van der Waals surface area contributed by atoms with Crippen LogP contribution in [-0.2, 0) is 15.5 Å². The SMILES string of the molecule is CCC(C)(CC)c1ccc(OS(=O)(=O)c2ccc(C)cc2)cc1. The minimum atomic E-state index is -3.79. The maximum absolute atomic E-state index is 12.3. The van der Waals surface area contributed by atoms with Crippen molar-refractivity contribution in [2.45, 2.75) is 50.8 Å². The third-order valence-electron chi connectivity index (χ3n) is 4.63. The summed E-state index contributed by atoms with van der Waals surface area (Å²) < 4.78 is 29.8. The second-order valence-electron chi connectivity index (χ2n) is 6.14. The summed E-state index contributed by atoms with van der Waals surface area (Å²) in [6.45, 7) is 8.45. The lowest BCUT2D eigenvalue weighted by atomic mass is 9.78. The lowest BCUT2D eigenvalue weighted by Crippen LogP contribution is -2.19. The Morgan fingerprint density at radius 2 is 1.43 bits per heavy atom. The van der Waals surface area contributed by atoms with Crippen molar-refractivity contribution in [3.05, 3.63) is 59.7 Å². The van der Waals surface area contributed by atoms with Crippen LogP contribution >= 0.6 is 0 Å². The molecule has 0 unspecified atom stereocenters. The van der Waals surface area contributed by atoms with E-state index in [-0.39, 0.29) is 10.3 Å². The van der Waals surface area contributed by atoms with E-state index in [1.807, 2.05) is 19.1 Å². The smallest absolute Gasteiger partial charge is 0.339 e. The average Bonchev–Trinajstić information content (AvgIpc) is 2.55. The molecular weight excluding hydrogens is 308 g/mol. The first-order valence-corrected chi connectivity index (χ1v) is 9.33. The maximum atomic E-state index is 12.3. The van der Waals surface area contributed by atoms with Gasteiger partial charge in [0.1, 0.15) is 10.6 Å². The molecule has 0 aliphatic rings. The van der Waals surface area contributed by atoms with Gasteiger partial charge in [-0.15, -0.1) is 0 Å². The van der Waals surface area contributed by atoms with E-state index < -0.39 is 10.1 Å². The van der Waals surface area contributed by atoms with Gasteiger partial charge in [-0.3, -0.25) is 0 Å². The lowest BCUT2D eigenvalue weighted by Gasteiger charge is -2.27. The molecule has 3 nitrogen and oxygen atoms in total. The zero-order valence-electron chi connectivity index (χ0n) is 14.2. The predicted molar refractivity (Wildman–Crippen MR) is 93.4 cm³/mol. The van der Waals surface area contributed by atoms with E-state index in [9.17, 15) is 8.42 Å². The van der Waals surface area contributed by atoms with Crippen LogP contribution in [0, 0.1) is 6.92 Å². The van der Waals surface area contributed by atoms with E-state index in [1.54, 1.807) is 36.4 Å². The zero-order valence-corrected chi connectivity index (χ0v) is 15.0. The highest BCUT2D eigenvalue weighted by Gasteiger charge is 2.22. The second kappa shape index (κ2) is 6.75. The molecule has 2 aromatic rings. The molecule has 0 spiro atoms. The van der Waals surface area contributed by atoms with E-state index in [2.05, 4.69) is 20.8 Å². The number of rotatable bonds is 6. The Hall–Kier alpha value is -1.81. The first kappa shape index (κ1) is 17.5. The van der Waals surface area contributed by atoms with Gasteiger partial charge in [-0.2, -0.15) is 8.42 Å². The standard InChI is InChI=1S/C19H24O3S/c1-5-19(4,6-2)16-9-11-17(12-10-16)22-23(20,21)18-13-7-15(3)8-14-18/h7-14H,5-6H2,1-4H3. The van der Waals surface area contributed by atoms with Crippen LogP contribution in [0.25, 0.3) is 0 Å². The van der Waals surface area contributed by atoms with Crippen LogP contribution in [-0.4, -0.2) is 8.42 Å². The topological polar surface area (TPSA) is 43.4 Å². The molecule has 124 valence electrons. The molecule has 0 aliphatic carbocycles. The molecule has 4 heteroatoms. The Bertz CT molecular complexity index is 740. The third-order valence-corrected chi connectivity index (χ3v) is 5.89. The third kappa shape index (κ3) is 3.94. The molecule has 0 aliphatic heterocycles. The van der Waals surface area contributed by atoms with Crippen LogP contribution in [0.5, 0.6) is 5.75 Å². The summed E-state index contributed by atoms with van der Waals surface area (Å²) in [4.78, 5) is 0.166. The summed E-state index contributed by atoms with van der Waals surface area (Å²) in [7, 11) is -3.79. The van der Waals surface area contributed by atoms with Crippen LogP contribution < -0.4 is 4.18 Å². The van der Waals surface area contributed by atoms with Crippen molar-refractivity contribution in [3.63, 3.8) is 0 Å². The Balaban J connectivity index is 2.22. The normalized spacial score (nSPS) is 12.2. The maximum Gasteiger partial charge on any atom is 0.339 e. The second-order valence-corrected chi connectivity index (χ2v) is 7.69. The van der Waals surface area contributed by atoms with Crippen LogP contribution in [0.4, 0.5) is 0 Å². The summed E-state index contributed by atoms with van der Waals surface area (Å²) in [6, 6.07) is 14.0. The lowest BCUT2D eigenvalue weighted by molar-refractivity contribution is 0.438. The summed E-state index contributed by atoms with van der Waals surface area (Å²) in [5, 5.41) is 0.